The number of anilines is 1. The summed E-state index contributed by atoms with van der Waals surface area (Å²) < 4.78 is 43.5. The first-order valence-electron chi connectivity index (χ1n) is 6.62. The van der Waals surface area contributed by atoms with Crippen LogP contribution < -0.4 is 10.2 Å². The summed E-state index contributed by atoms with van der Waals surface area (Å²) in [6.07, 6.45) is -2.61. The zero-order chi connectivity index (χ0) is 15.9. The largest absolute Gasteiger partial charge is 0.491 e. The van der Waals surface area contributed by atoms with Crippen LogP contribution >= 0.6 is 0 Å². The maximum absolute atomic E-state index is 12.7. The van der Waals surface area contributed by atoms with Crippen molar-refractivity contribution < 1.29 is 22.7 Å². The van der Waals surface area contributed by atoms with Crippen molar-refractivity contribution in [3.05, 3.63) is 23.8 Å². The van der Waals surface area contributed by atoms with E-state index < -0.39 is 11.7 Å². The van der Waals surface area contributed by atoms with Crippen molar-refractivity contribution in [2.45, 2.75) is 19.0 Å². The van der Waals surface area contributed by atoms with Gasteiger partial charge in [0.1, 0.15) is 11.4 Å². The van der Waals surface area contributed by atoms with E-state index in [0.717, 1.165) is 31.5 Å². The molecule has 1 N–H and O–H groups in total. The molecule has 0 spiro atoms. The van der Waals surface area contributed by atoms with E-state index in [-0.39, 0.29) is 5.69 Å². The topological polar surface area (TPSA) is 33.7 Å². The second-order valence-electron chi connectivity index (χ2n) is 4.87. The number of halogens is 3. The van der Waals surface area contributed by atoms with E-state index >= 15 is 0 Å². The Morgan fingerprint density at radius 2 is 1.90 bits per heavy atom. The Bertz CT molecular complexity index is 437. The van der Waals surface area contributed by atoms with Crippen molar-refractivity contribution in [3.63, 3.8) is 0 Å². The maximum atomic E-state index is 12.7. The third-order valence-corrected chi connectivity index (χ3v) is 2.78. The summed E-state index contributed by atoms with van der Waals surface area (Å²) in [7, 11) is 5.30. The van der Waals surface area contributed by atoms with Crippen LogP contribution in [-0.4, -0.2) is 39.3 Å². The zero-order valence-electron chi connectivity index (χ0n) is 12.5. The lowest BCUT2D eigenvalue weighted by molar-refractivity contribution is -0.137. The van der Waals surface area contributed by atoms with Crippen LogP contribution in [0.4, 0.5) is 18.9 Å². The molecule has 0 unspecified atom stereocenters. The molecule has 7 heteroatoms. The van der Waals surface area contributed by atoms with Crippen molar-refractivity contribution >= 4 is 5.69 Å². The molecular formula is C14H21F3N2O2. The minimum atomic E-state index is -4.39. The highest BCUT2D eigenvalue weighted by atomic mass is 19.4. The fraction of sp³-hybridized carbons (Fsp3) is 0.571. The number of nitrogens with one attached hydrogen (secondary N) is 1. The fourth-order valence-electron chi connectivity index (χ4n) is 1.73. The monoisotopic (exact) mass is 306 g/mol. The summed E-state index contributed by atoms with van der Waals surface area (Å²) in [6, 6.07) is 3.27. The van der Waals surface area contributed by atoms with Gasteiger partial charge in [-0.3, -0.25) is 10.3 Å². The highest BCUT2D eigenvalue weighted by Gasteiger charge is 2.31. The summed E-state index contributed by atoms with van der Waals surface area (Å²) in [5.74, 6) is 0.342. The van der Waals surface area contributed by atoms with E-state index in [1.165, 1.54) is 13.2 Å². The average molecular weight is 306 g/mol. The Hall–Kier alpha value is -1.47. The Morgan fingerprint density at radius 3 is 2.48 bits per heavy atom. The molecule has 0 fully saturated rings. The van der Waals surface area contributed by atoms with Gasteiger partial charge in [0.2, 0.25) is 0 Å². The Balaban J connectivity index is 2.64. The van der Waals surface area contributed by atoms with Crippen molar-refractivity contribution in [1.29, 1.82) is 0 Å². The van der Waals surface area contributed by atoms with Crippen molar-refractivity contribution in [2.24, 2.45) is 0 Å². The Kier molecular flexibility index (Phi) is 6.77. The quantitative estimate of drug-likeness (QED) is 0.589. The predicted octanol–water partition coefficient (Wildman–Crippen LogP) is 3.40. The molecule has 0 aliphatic rings. The lowest BCUT2D eigenvalue weighted by atomic mass is 10.2. The molecule has 0 heterocycles. The number of rotatable bonds is 8. The van der Waals surface area contributed by atoms with Gasteiger partial charge in [0, 0.05) is 0 Å². The summed E-state index contributed by atoms with van der Waals surface area (Å²) in [5, 5.41) is 0. The van der Waals surface area contributed by atoms with Crippen LogP contribution in [0.1, 0.15) is 18.4 Å². The maximum Gasteiger partial charge on any atom is 0.416 e. The van der Waals surface area contributed by atoms with Gasteiger partial charge in [0.15, 0.2) is 0 Å². The number of hydrogen-bond donors (Lipinski definition) is 1. The van der Waals surface area contributed by atoms with E-state index in [2.05, 4.69) is 10.4 Å². The number of ether oxygens (including phenoxy) is 1. The van der Waals surface area contributed by atoms with E-state index in [1.807, 2.05) is 14.1 Å². The van der Waals surface area contributed by atoms with Gasteiger partial charge < -0.3 is 9.64 Å². The van der Waals surface area contributed by atoms with E-state index in [0.29, 0.717) is 12.4 Å². The van der Waals surface area contributed by atoms with Crippen LogP contribution in [-0.2, 0) is 11.0 Å². The minimum Gasteiger partial charge on any atom is -0.491 e. The molecule has 21 heavy (non-hydrogen) atoms. The van der Waals surface area contributed by atoms with E-state index in [9.17, 15) is 13.2 Å². The lowest BCUT2D eigenvalue weighted by Crippen LogP contribution is -2.14. The first kappa shape index (κ1) is 17.6. The number of alkyl halides is 3. The molecule has 0 bridgehead atoms. The van der Waals surface area contributed by atoms with Gasteiger partial charge in [-0.25, -0.2) is 0 Å². The zero-order valence-corrected chi connectivity index (χ0v) is 12.5. The minimum absolute atomic E-state index is 0.167. The van der Waals surface area contributed by atoms with Crippen LogP contribution in [0, 0.1) is 0 Å². The van der Waals surface area contributed by atoms with Crippen molar-refractivity contribution in [2.75, 3.05) is 39.8 Å². The molecule has 0 aliphatic heterocycles. The molecule has 1 aromatic carbocycles. The first-order valence-corrected chi connectivity index (χ1v) is 6.62. The van der Waals surface area contributed by atoms with Gasteiger partial charge in [-0.05, 0) is 51.7 Å². The summed E-state index contributed by atoms with van der Waals surface area (Å²) in [5.41, 5.74) is 1.83. The highest BCUT2D eigenvalue weighted by molar-refractivity contribution is 5.57. The van der Waals surface area contributed by atoms with Crippen LogP contribution in [0.25, 0.3) is 0 Å². The molecule has 4 nitrogen and oxygen atoms in total. The molecule has 0 aromatic heterocycles. The summed E-state index contributed by atoms with van der Waals surface area (Å²) in [4.78, 5) is 6.76. The summed E-state index contributed by atoms with van der Waals surface area (Å²) >= 11 is 0. The third-order valence-electron chi connectivity index (χ3n) is 2.78. The van der Waals surface area contributed by atoms with E-state index in [4.69, 9.17) is 9.57 Å². The second kappa shape index (κ2) is 8.09. The van der Waals surface area contributed by atoms with Gasteiger partial charge in [0.05, 0.1) is 19.3 Å². The Morgan fingerprint density at radius 1 is 1.19 bits per heavy atom. The highest BCUT2D eigenvalue weighted by Crippen LogP contribution is 2.35. The molecule has 1 rings (SSSR count). The average Bonchev–Trinajstić information content (AvgIpc) is 2.38. The van der Waals surface area contributed by atoms with Gasteiger partial charge in [-0.1, -0.05) is 0 Å². The molecule has 0 radical (unpaired) electrons. The van der Waals surface area contributed by atoms with Gasteiger partial charge >= 0.3 is 6.18 Å². The predicted molar refractivity (Wildman–Crippen MR) is 75.4 cm³/mol. The molecule has 0 amide bonds. The second-order valence-corrected chi connectivity index (χ2v) is 4.87. The first-order chi connectivity index (χ1) is 9.84. The SMILES string of the molecule is CONc1cc(C(F)(F)F)ccc1OCCCCN(C)C. The smallest absolute Gasteiger partial charge is 0.416 e. The molecule has 0 saturated carbocycles. The molecule has 120 valence electrons. The third kappa shape index (κ3) is 6.22. The number of hydrogen-bond acceptors (Lipinski definition) is 4. The molecule has 1 aromatic rings. The van der Waals surface area contributed by atoms with Gasteiger partial charge in [-0.2, -0.15) is 13.2 Å². The van der Waals surface area contributed by atoms with Crippen LogP contribution in [0.2, 0.25) is 0 Å². The standard InChI is InChI=1S/C14H21F3N2O2/c1-19(2)8-4-5-9-21-13-7-6-11(14(15,16)17)10-12(13)18-20-3/h6-7,10,18H,4-5,8-9H2,1-3H3. The number of nitrogens with zero attached hydrogens (tertiary/aromatic N) is 1. The number of benzene rings is 1. The number of unbranched alkanes of at least 4 members (excludes halogenated alkanes) is 1. The summed E-state index contributed by atoms with van der Waals surface area (Å²) in [6.45, 7) is 1.39. The van der Waals surface area contributed by atoms with E-state index in [1.54, 1.807) is 0 Å². The normalized spacial score (nSPS) is 11.8. The molecule has 0 aliphatic carbocycles. The van der Waals surface area contributed by atoms with Gasteiger partial charge in [0.25, 0.3) is 0 Å². The molecular weight excluding hydrogens is 285 g/mol. The van der Waals surface area contributed by atoms with Crippen LogP contribution in [0.15, 0.2) is 18.2 Å². The lowest BCUT2D eigenvalue weighted by Gasteiger charge is -2.15. The van der Waals surface area contributed by atoms with Crippen LogP contribution in [0.5, 0.6) is 5.75 Å². The molecule has 0 saturated heterocycles. The van der Waals surface area contributed by atoms with Crippen molar-refractivity contribution in [1.82, 2.24) is 4.90 Å². The van der Waals surface area contributed by atoms with Crippen LogP contribution in [0.3, 0.4) is 0 Å². The van der Waals surface area contributed by atoms with Gasteiger partial charge in [-0.15, -0.1) is 0 Å². The molecule has 0 atom stereocenters. The van der Waals surface area contributed by atoms with Crippen molar-refractivity contribution in [3.8, 4) is 5.75 Å². The Labute approximate surface area is 122 Å². The fourth-order valence-corrected chi connectivity index (χ4v) is 1.73.